The van der Waals surface area contributed by atoms with Crippen molar-refractivity contribution in [3.05, 3.63) is 46.2 Å². The van der Waals surface area contributed by atoms with Crippen molar-refractivity contribution in [2.45, 2.75) is 6.54 Å². The summed E-state index contributed by atoms with van der Waals surface area (Å²) in [5, 5.41) is 17.7. The lowest BCUT2D eigenvalue weighted by Crippen LogP contribution is -2.03. The molecule has 82 valence electrons. The number of aromatic nitrogens is 3. The van der Waals surface area contributed by atoms with Crippen molar-refractivity contribution in [1.82, 2.24) is 14.5 Å². The normalized spacial score (nSPS) is 9.59. The summed E-state index contributed by atoms with van der Waals surface area (Å²) in [7, 11) is 0. The van der Waals surface area contributed by atoms with Gasteiger partial charge in [-0.15, -0.1) is 0 Å². The predicted octanol–water partition coefficient (Wildman–Crippen LogP) is 1.83. The fourth-order valence-electron chi connectivity index (χ4n) is 1.38. The molecule has 0 aromatic carbocycles. The smallest absolute Gasteiger partial charge is 0.176 e. The van der Waals surface area contributed by atoms with Crippen LogP contribution >= 0.6 is 15.9 Å². The summed E-state index contributed by atoms with van der Waals surface area (Å²) in [6.45, 7) is 0.421. The van der Waals surface area contributed by atoms with Crippen molar-refractivity contribution in [3.63, 3.8) is 0 Å². The lowest BCUT2D eigenvalue weighted by Gasteiger charge is -2.02. The van der Waals surface area contributed by atoms with Crippen LogP contribution in [0.1, 0.15) is 17.1 Å². The first-order chi connectivity index (χ1) is 8.24. The van der Waals surface area contributed by atoms with E-state index in [4.69, 9.17) is 10.5 Å². The molecule has 0 unspecified atom stereocenters. The molecule has 0 spiro atoms. The molecular weight excluding hydrogens is 282 g/mol. The Balaban J connectivity index is 2.31. The fourth-order valence-corrected chi connectivity index (χ4v) is 1.61. The quantitative estimate of drug-likeness (QED) is 0.844. The lowest BCUT2D eigenvalue weighted by atomic mass is 10.3. The Morgan fingerprint density at radius 2 is 2.06 bits per heavy atom. The van der Waals surface area contributed by atoms with Crippen LogP contribution in [0.25, 0.3) is 0 Å². The van der Waals surface area contributed by atoms with E-state index in [2.05, 4.69) is 25.9 Å². The molecule has 2 aromatic heterocycles. The van der Waals surface area contributed by atoms with Crippen LogP contribution in [0.5, 0.6) is 0 Å². The first-order valence-corrected chi connectivity index (χ1v) is 5.49. The molecule has 2 aromatic rings. The lowest BCUT2D eigenvalue weighted by molar-refractivity contribution is 0.762. The third-order valence-electron chi connectivity index (χ3n) is 2.17. The second-order valence-corrected chi connectivity index (χ2v) is 4.18. The summed E-state index contributed by atoms with van der Waals surface area (Å²) < 4.78 is 2.50. The predicted molar refractivity (Wildman–Crippen MR) is 62.7 cm³/mol. The molecule has 0 amide bonds. The van der Waals surface area contributed by atoms with Crippen LogP contribution < -0.4 is 0 Å². The Kier molecular flexibility index (Phi) is 3.17. The summed E-state index contributed by atoms with van der Waals surface area (Å²) >= 11 is 3.30. The minimum Gasteiger partial charge on any atom is -0.315 e. The van der Waals surface area contributed by atoms with Gasteiger partial charge in [-0.05, 0) is 28.1 Å². The van der Waals surface area contributed by atoms with Gasteiger partial charge in [-0.1, -0.05) is 0 Å². The molecule has 0 aliphatic rings. The summed E-state index contributed by atoms with van der Waals surface area (Å²) in [6, 6.07) is 7.56. The van der Waals surface area contributed by atoms with E-state index >= 15 is 0 Å². The SMILES string of the molecule is N#Cc1ncn(Cc2ccc(Br)cn2)c1C#N. The molecule has 6 heteroatoms. The van der Waals surface area contributed by atoms with E-state index in [1.54, 1.807) is 10.8 Å². The van der Waals surface area contributed by atoms with Crippen molar-refractivity contribution in [3.8, 4) is 12.1 Å². The second-order valence-electron chi connectivity index (χ2n) is 3.26. The molecule has 0 atom stereocenters. The zero-order valence-corrected chi connectivity index (χ0v) is 10.2. The molecule has 0 N–H and O–H groups in total. The first-order valence-electron chi connectivity index (χ1n) is 4.70. The van der Waals surface area contributed by atoms with E-state index in [-0.39, 0.29) is 11.4 Å². The topological polar surface area (TPSA) is 78.3 Å². The maximum absolute atomic E-state index is 8.95. The Labute approximate surface area is 106 Å². The molecule has 0 saturated carbocycles. The van der Waals surface area contributed by atoms with Gasteiger partial charge in [-0.25, -0.2) is 4.98 Å². The monoisotopic (exact) mass is 287 g/mol. The molecule has 0 bridgehead atoms. The minimum absolute atomic E-state index is 0.143. The van der Waals surface area contributed by atoms with Crippen LogP contribution in [0.4, 0.5) is 0 Å². The molecular formula is C11H6BrN5. The van der Waals surface area contributed by atoms with Gasteiger partial charge in [-0.2, -0.15) is 10.5 Å². The molecule has 0 aliphatic heterocycles. The molecule has 0 fully saturated rings. The molecule has 17 heavy (non-hydrogen) atoms. The van der Waals surface area contributed by atoms with Gasteiger partial charge in [0, 0.05) is 10.7 Å². The number of halogens is 1. The van der Waals surface area contributed by atoms with Gasteiger partial charge < -0.3 is 4.57 Å². The number of hydrogen-bond donors (Lipinski definition) is 0. The summed E-state index contributed by atoms with van der Waals surface area (Å²) in [6.07, 6.45) is 3.16. The summed E-state index contributed by atoms with van der Waals surface area (Å²) in [4.78, 5) is 8.06. The van der Waals surface area contributed by atoms with E-state index in [1.807, 2.05) is 24.3 Å². The molecule has 0 radical (unpaired) electrons. The van der Waals surface area contributed by atoms with Crippen molar-refractivity contribution in [2.75, 3.05) is 0 Å². The Morgan fingerprint density at radius 1 is 1.24 bits per heavy atom. The van der Waals surface area contributed by atoms with E-state index in [0.717, 1.165) is 10.2 Å². The maximum Gasteiger partial charge on any atom is 0.176 e. The van der Waals surface area contributed by atoms with E-state index in [1.165, 1.54) is 6.33 Å². The fraction of sp³-hybridized carbons (Fsp3) is 0.0909. The second kappa shape index (κ2) is 4.77. The van der Waals surface area contributed by atoms with Gasteiger partial charge in [0.1, 0.15) is 12.1 Å². The van der Waals surface area contributed by atoms with Crippen LogP contribution in [0.3, 0.4) is 0 Å². The zero-order chi connectivity index (χ0) is 12.3. The highest BCUT2D eigenvalue weighted by Gasteiger charge is 2.10. The van der Waals surface area contributed by atoms with E-state index in [9.17, 15) is 0 Å². The van der Waals surface area contributed by atoms with Crippen molar-refractivity contribution in [2.24, 2.45) is 0 Å². The highest BCUT2D eigenvalue weighted by molar-refractivity contribution is 9.10. The molecule has 0 aliphatic carbocycles. The largest absolute Gasteiger partial charge is 0.315 e. The summed E-state index contributed by atoms with van der Waals surface area (Å²) in [5.41, 5.74) is 1.20. The third-order valence-corrected chi connectivity index (χ3v) is 2.64. The maximum atomic E-state index is 8.95. The van der Waals surface area contributed by atoms with Crippen LogP contribution in [-0.2, 0) is 6.54 Å². The standard InChI is InChI=1S/C11H6BrN5/c12-8-1-2-9(15-5-8)6-17-7-16-10(3-13)11(17)4-14/h1-2,5,7H,6H2. The van der Waals surface area contributed by atoms with Gasteiger partial charge in [0.05, 0.1) is 18.6 Å². The van der Waals surface area contributed by atoms with Crippen molar-refractivity contribution >= 4 is 15.9 Å². The van der Waals surface area contributed by atoms with Crippen molar-refractivity contribution in [1.29, 1.82) is 10.5 Å². The number of imidazole rings is 1. The van der Waals surface area contributed by atoms with Gasteiger partial charge in [0.25, 0.3) is 0 Å². The van der Waals surface area contributed by atoms with Gasteiger partial charge in [0.15, 0.2) is 11.4 Å². The number of pyridine rings is 1. The van der Waals surface area contributed by atoms with Gasteiger partial charge in [0.2, 0.25) is 0 Å². The molecule has 0 saturated heterocycles. The van der Waals surface area contributed by atoms with Crippen LogP contribution in [0.15, 0.2) is 29.1 Å². The number of rotatable bonds is 2. The Bertz CT molecular complexity index is 615. The minimum atomic E-state index is 0.143. The molecule has 5 nitrogen and oxygen atoms in total. The molecule has 2 heterocycles. The average Bonchev–Trinajstić information content (AvgIpc) is 2.74. The number of nitriles is 2. The Morgan fingerprint density at radius 3 is 2.65 bits per heavy atom. The zero-order valence-electron chi connectivity index (χ0n) is 8.63. The summed E-state index contributed by atoms with van der Waals surface area (Å²) in [5.74, 6) is 0. The highest BCUT2D eigenvalue weighted by atomic mass is 79.9. The third kappa shape index (κ3) is 2.32. The van der Waals surface area contributed by atoms with E-state index in [0.29, 0.717) is 6.54 Å². The van der Waals surface area contributed by atoms with Gasteiger partial charge >= 0.3 is 0 Å². The highest BCUT2D eigenvalue weighted by Crippen LogP contribution is 2.11. The van der Waals surface area contributed by atoms with E-state index < -0.39 is 0 Å². The molecule has 2 rings (SSSR count). The number of hydrogen-bond acceptors (Lipinski definition) is 4. The number of nitrogens with zero attached hydrogens (tertiary/aromatic N) is 5. The van der Waals surface area contributed by atoms with Gasteiger partial charge in [-0.3, -0.25) is 4.98 Å². The average molecular weight is 288 g/mol. The van der Waals surface area contributed by atoms with Crippen LogP contribution in [-0.4, -0.2) is 14.5 Å². The van der Waals surface area contributed by atoms with Crippen LogP contribution in [0, 0.1) is 22.7 Å². The van der Waals surface area contributed by atoms with Crippen LogP contribution in [0.2, 0.25) is 0 Å². The van der Waals surface area contributed by atoms with Crippen molar-refractivity contribution < 1.29 is 0 Å². The first kappa shape index (κ1) is 11.3. The Hall–Kier alpha value is -2.18.